The van der Waals surface area contributed by atoms with E-state index in [9.17, 15) is 22.4 Å². The van der Waals surface area contributed by atoms with Gasteiger partial charge in [0.1, 0.15) is 5.82 Å². The van der Waals surface area contributed by atoms with Crippen LogP contribution < -0.4 is 4.90 Å². The van der Waals surface area contributed by atoms with Crippen molar-refractivity contribution in [3.05, 3.63) is 71.0 Å². The molecule has 0 N–H and O–H groups in total. The van der Waals surface area contributed by atoms with Crippen LogP contribution in [0.3, 0.4) is 0 Å². The molecule has 1 heterocycles. The van der Waals surface area contributed by atoms with Crippen LogP contribution in [0.1, 0.15) is 21.5 Å². The fourth-order valence-electron chi connectivity index (χ4n) is 3.08. The van der Waals surface area contributed by atoms with Gasteiger partial charge in [0.05, 0.1) is 5.56 Å². The van der Waals surface area contributed by atoms with Crippen molar-refractivity contribution in [1.82, 2.24) is 4.90 Å². The van der Waals surface area contributed by atoms with Crippen LogP contribution in [0.5, 0.6) is 0 Å². The predicted molar refractivity (Wildman–Crippen MR) is 101 cm³/mol. The van der Waals surface area contributed by atoms with E-state index in [2.05, 4.69) is 16.8 Å². The Kier molecular flexibility index (Phi) is 5.84. The van der Waals surface area contributed by atoms with Crippen LogP contribution in [0.25, 0.3) is 6.08 Å². The first kappa shape index (κ1) is 20.1. The van der Waals surface area contributed by atoms with Gasteiger partial charge in [-0.25, -0.2) is 4.39 Å². The summed E-state index contributed by atoms with van der Waals surface area (Å²) >= 11 is 0. The minimum Gasteiger partial charge on any atom is -0.369 e. The van der Waals surface area contributed by atoms with E-state index < -0.39 is 23.3 Å². The number of hydrogen-bond donors (Lipinski definition) is 0. The topological polar surface area (TPSA) is 23.6 Å². The molecule has 28 heavy (non-hydrogen) atoms. The number of ketones is 1. The summed E-state index contributed by atoms with van der Waals surface area (Å²) in [6.07, 6.45) is -2.55. The van der Waals surface area contributed by atoms with Crippen LogP contribution in [0.2, 0.25) is 0 Å². The highest BCUT2D eigenvalue weighted by Crippen LogP contribution is 2.33. The zero-order valence-corrected chi connectivity index (χ0v) is 15.3. The molecule has 1 aliphatic heterocycles. The average Bonchev–Trinajstić information content (AvgIpc) is 2.67. The molecule has 1 aliphatic rings. The third-order valence-corrected chi connectivity index (χ3v) is 4.76. The van der Waals surface area contributed by atoms with Crippen molar-refractivity contribution in [3.8, 4) is 0 Å². The van der Waals surface area contributed by atoms with Gasteiger partial charge in [-0.05, 0) is 55.1 Å². The molecule has 0 aromatic heterocycles. The normalized spacial score (nSPS) is 16.0. The van der Waals surface area contributed by atoms with E-state index in [0.29, 0.717) is 11.6 Å². The minimum absolute atomic E-state index is 0.253. The molecule has 0 aliphatic carbocycles. The van der Waals surface area contributed by atoms with Crippen molar-refractivity contribution in [2.75, 3.05) is 38.1 Å². The van der Waals surface area contributed by atoms with Gasteiger partial charge in [0.25, 0.3) is 0 Å². The Hall–Kier alpha value is -2.67. The summed E-state index contributed by atoms with van der Waals surface area (Å²) in [6.45, 7) is 3.72. The molecular weight excluding hydrogens is 372 g/mol. The number of benzene rings is 2. The maximum atomic E-state index is 13.2. The van der Waals surface area contributed by atoms with Crippen molar-refractivity contribution in [2.24, 2.45) is 0 Å². The number of alkyl halides is 3. The largest absolute Gasteiger partial charge is 0.417 e. The maximum absolute atomic E-state index is 13.2. The fraction of sp³-hybridized carbons (Fsp3) is 0.286. The first-order valence-corrected chi connectivity index (χ1v) is 8.87. The lowest BCUT2D eigenvalue weighted by molar-refractivity contribution is -0.137. The number of carbonyl (C=O) groups is 1. The molecule has 0 unspecified atom stereocenters. The highest BCUT2D eigenvalue weighted by Gasteiger charge is 2.33. The van der Waals surface area contributed by atoms with Crippen molar-refractivity contribution >= 4 is 17.5 Å². The van der Waals surface area contributed by atoms with Crippen LogP contribution in [-0.4, -0.2) is 43.9 Å². The number of anilines is 1. The quantitative estimate of drug-likeness (QED) is 0.435. The highest BCUT2D eigenvalue weighted by molar-refractivity contribution is 6.07. The van der Waals surface area contributed by atoms with E-state index in [-0.39, 0.29) is 5.56 Å². The standard InChI is InChI=1S/C21H20F4N2O/c1-26-10-12-27(13-11-26)18-7-3-16(4-8-18)20(28)9-5-15-2-6-17(22)14-19(15)21(23,24)25/h2-9,14H,10-13H2,1H3/b9-5+. The number of likely N-dealkylation sites (N-methyl/N-ethyl adjacent to an activating group) is 1. The molecule has 0 radical (unpaired) electrons. The summed E-state index contributed by atoms with van der Waals surface area (Å²) in [7, 11) is 2.07. The summed E-state index contributed by atoms with van der Waals surface area (Å²) in [5, 5.41) is 0. The van der Waals surface area contributed by atoms with E-state index in [1.54, 1.807) is 12.1 Å². The first-order valence-electron chi connectivity index (χ1n) is 8.87. The lowest BCUT2D eigenvalue weighted by Gasteiger charge is -2.34. The van der Waals surface area contributed by atoms with Crippen LogP contribution >= 0.6 is 0 Å². The van der Waals surface area contributed by atoms with Crippen LogP contribution in [0.15, 0.2) is 48.5 Å². The second-order valence-corrected chi connectivity index (χ2v) is 6.76. The lowest BCUT2D eigenvalue weighted by atomic mass is 10.0. The van der Waals surface area contributed by atoms with Gasteiger partial charge < -0.3 is 9.80 Å². The average molecular weight is 392 g/mol. The van der Waals surface area contributed by atoms with E-state index in [0.717, 1.165) is 56.2 Å². The van der Waals surface area contributed by atoms with Crippen molar-refractivity contribution in [3.63, 3.8) is 0 Å². The zero-order valence-electron chi connectivity index (χ0n) is 15.3. The van der Waals surface area contributed by atoms with Gasteiger partial charge in [0.15, 0.2) is 5.78 Å². The van der Waals surface area contributed by atoms with Crippen molar-refractivity contribution in [2.45, 2.75) is 6.18 Å². The molecule has 2 aromatic rings. The number of nitrogens with zero attached hydrogens (tertiary/aromatic N) is 2. The molecule has 0 atom stereocenters. The molecule has 148 valence electrons. The summed E-state index contributed by atoms with van der Waals surface area (Å²) in [6, 6.07) is 9.37. The van der Waals surface area contributed by atoms with Gasteiger partial charge in [0.2, 0.25) is 0 Å². The van der Waals surface area contributed by atoms with Crippen molar-refractivity contribution < 1.29 is 22.4 Å². The Bertz CT molecular complexity index is 867. The molecule has 2 aromatic carbocycles. The lowest BCUT2D eigenvalue weighted by Crippen LogP contribution is -2.44. The third-order valence-electron chi connectivity index (χ3n) is 4.76. The monoisotopic (exact) mass is 392 g/mol. The third kappa shape index (κ3) is 4.78. The number of carbonyl (C=O) groups excluding carboxylic acids is 1. The van der Waals surface area contributed by atoms with Crippen LogP contribution in [0, 0.1) is 5.82 Å². The number of hydrogen-bond acceptors (Lipinski definition) is 3. The SMILES string of the molecule is CN1CCN(c2ccc(C(=O)/C=C/c3ccc(F)cc3C(F)(F)F)cc2)CC1. The number of halogens is 4. The Morgan fingerprint density at radius 2 is 1.64 bits per heavy atom. The Morgan fingerprint density at radius 1 is 1.00 bits per heavy atom. The summed E-state index contributed by atoms with van der Waals surface area (Å²) < 4.78 is 52.2. The van der Waals surface area contributed by atoms with Gasteiger partial charge in [0, 0.05) is 37.4 Å². The molecule has 0 amide bonds. The molecule has 1 fully saturated rings. The first-order chi connectivity index (χ1) is 13.2. The zero-order chi connectivity index (χ0) is 20.3. The second-order valence-electron chi connectivity index (χ2n) is 6.76. The van der Waals surface area contributed by atoms with E-state index in [4.69, 9.17) is 0 Å². The van der Waals surface area contributed by atoms with Gasteiger partial charge >= 0.3 is 6.18 Å². The molecule has 1 saturated heterocycles. The number of allylic oxidation sites excluding steroid dienone is 1. The Balaban J connectivity index is 1.73. The predicted octanol–water partition coefficient (Wildman–Crippen LogP) is 4.49. The fourth-order valence-corrected chi connectivity index (χ4v) is 3.08. The Morgan fingerprint density at radius 3 is 2.25 bits per heavy atom. The van der Waals surface area contributed by atoms with E-state index >= 15 is 0 Å². The summed E-state index contributed by atoms with van der Waals surface area (Å²) in [5.41, 5.74) is 0.0228. The molecule has 7 heteroatoms. The second kappa shape index (κ2) is 8.14. The molecule has 0 saturated carbocycles. The van der Waals surface area contributed by atoms with Gasteiger partial charge in [-0.3, -0.25) is 4.79 Å². The number of rotatable bonds is 4. The molecular formula is C21H20F4N2O. The smallest absolute Gasteiger partial charge is 0.369 e. The summed E-state index contributed by atoms with van der Waals surface area (Å²) in [5.74, 6) is -1.39. The molecule has 0 bridgehead atoms. The maximum Gasteiger partial charge on any atom is 0.417 e. The molecule has 3 rings (SSSR count). The van der Waals surface area contributed by atoms with Gasteiger partial charge in [-0.15, -0.1) is 0 Å². The van der Waals surface area contributed by atoms with Gasteiger partial charge in [-0.1, -0.05) is 12.1 Å². The minimum atomic E-state index is -4.70. The van der Waals surface area contributed by atoms with Crippen molar-refractivity contribution in [1.29, 1.82) is 0 Å². The Labute approximate surface area is 160 Å². The summed E-state index contributed by atoms with van der Waals surface area (Å²) in [4.78, 5) is 16.8. The van der Waals surface area contributed by atoms with Gasteiger partial charge in [-0.2, -0.15) is 13.2 Å². The highest BCUT2D eigenvalue weighted by atomic mass is 19.4. The van der Waals surface area contributed by atoms with E-state index in [1.807, 2.05) is 12.1 Å². The molecule has 0 spiro atoms. The van der Waals surface area contributed by atoms with Crippen LogP contribution in [0.4, 0.5) is 23.2 Å². The van der Waals surface area contributed by atoms with E-state index in [1.165, 1.54) is 0 Å². The van der Waals surface area contributed by atoms with Crippen LogP contribution in [-0.2, 0) is 6.18 Å². The molecule has 3 nitrogen and oxygen atoms in total. The number of piperazine rings is 1.